The van der Waals surface area contributed by atoms with Crippen LogP contribution in [0.3, 0.4) is 0 Å². The van der Waals surface area contributed by atoms with E-state index in [0.717, 1.165) is 31.6 Å². The number of hydrogen-bond donors (Lipinski definition) is 1. The number of fused-ring (bicyclic) bond motifs is 3. The number of hydrogen-bond acceptors (Lipinski definition) is 5. The van der Waals surface area contributed by atoms with Crippen LogP contribution in [0.5, 0.6) is 0 Å². The van der Waals surface area contributed by atoms with Crippen LogP contribution in [0.15, 0.2) is 27.4 Å². The zero-order valence-corrected chi connectivity index (χ0v) is 14.7. The number of H-pyrrole nitrogens is 1. The SMILES string of the molecule is CC(C)(C)OC(=O)N1C2CCC1CN(c1ccc3[nH]c(=O)oc3c1)C2. The zero-order chi connectivity index (χ0) is 17.8. The summed E-state index contributed by atoms with van der Waals surface area (Å²) in [4.78, 5) is 30.7. The highest BCUT2D eigenvalue weighted by Gasteiger charge is 2.44. The monoisotopic (exact) mass is 345 g/mol. The lowest BCUT2D eigenvalue weighted by Gasteiger charge is -2.42. The van der Waals surface area contributed by atoms with Crippen molar-refractivity contribution in [1.82, 2.24) is 9.88 Å². The molecule has 2 atom stereocenters. The lowest BCUT2D eigenvalue weighted by atomic mass is 10.1. The lowest BCUT2D eigenvalue weighted by Crippen LogP contribution is -2.56. The minimum absolute atomic E-state index is 0.155. The van der Waals surface area contributed by atoms with Crippen molar-refractivity contribution in [2.75, 3.05) is 18.0 Å². The van der Waals surface area contributed by atoms with Gasteiger partial charge in [0.25, 0.3) is 0 Å². The molecule has 25 heavy (non-hydrogen) atoms. The van der Waals surface area contributed by atoms with Gasteiger partial charge in [0.2, 0.25) is 0 Å². The van der Waals surface area contributed by atoms with Crippen molar-refractivity contribution < 1.29 is 13.9 Å². The fraction of sp³-hybridized carbons (Fsp3) is 0.556. The summed E-state index contributed by atoms with van der Waals surface area (Å²) in [6.45, 7) is 7.20. The van der Waals surface area contributed by atoms with Crippen LogP contribution in [0.25, 0.3) is 11.1 Å². The van der Waals surface area contributed by atoms with E-state index in [4.69, 9.17) is 9.15 Å². The molecular formula is C18H23N3O4. The Kier molecular flexibility index (Phi) is 3.56. The number of nitrogens with zero attached hydrogens (tertiary/aromatic N) is 2. The van der Waals surface area contributed by atoms with Gasteiger partial charge >= 0.3 is 11.8 Å². The van der Waals surface area contributed by atoms with E-state index in [1.165, 1.54) is 0 Å². The number of aromatic nitrogens is 1. The van der Waals surface area contributed by atoms with Gasteiger partial charge in [-0.1, -0.05) is 0 Å². The van der Waals surface area contributed by atoms with E-state index < -0.39 is 11.4 Å². The van der Waals surface area contributed by atoms with Gasteiger partial charge in [-0.05, 0) is 45.7 Å². The highest BCUT2D eigenvalue weighted by atomic mass is 16.6. The molecule has 1 amide bonds. The molecule has 1 aromatic carbocycles. The Morgan fingerprint density at radius 1 is 1.24 bits per heavy atom. The van der Waals surface area contributed by atoms with E-state index in [2.05, 4.69) is 9.88 Å². The van der Waals surface area contributed by atoms with E-state index in [1.807, 2.05) is 43.9 Å². The molecule has 0 radical (unpaired) electrons. The summed E-state index contributed by atoms with van der Waals surface area (Å²) >= 11 is 0. The summed E-state index contributed by atoms with van der Waals surface area (Å²) in [6.07, 6.45) is 1.76. The Morgan fingerprint density at radius 3 is 2.56 bits per heavy atom. The van der Waals surface area contributed by atoms with Crippen molar-refractivity contribution in [3.05, 3.63) is 28.7 Å². The van der Waals surface area contributed by atoms with Crippen molar-refractivity contribution in [3.8, 4) is 0 Å². The van der Waals surface area contributed by atoms with Gasteiger partial charge in [0.1, 0.15) is 5.60 Å². The molecule has 2 aliphatic rings. The smallest absolute Gasteiger partial charge is 0.417 e. The van der Waals surface area contributed by atoms with Crippen LogP contribution < -0.4 is 10.7 Å². The second-order valence-corrected chi connectivity index (χ2v) is 7.87. The number of aromatic amines is 1. The number of nitrogens with one attached hydrogen (secondary N) is 1. The van der Waals surface area contributed by atoms with Gasteiger partial charge in [-0.3, -0.25) is 9.88 Å². The van der Waals surface area contributed by atoms with Crippen molar-refractivity contribution >= 4 is 22.9 Å². The van der Waals surface area contributed by atoms with Crippen molar-refractivity contribution in [2.24, 2.45) is 0 Å². The number of benzene rings is 1. The first-order chi connectivity index (χ1) is 11.8. The average molecular weight is 345 g/mol. The van der Waals surface area contributed by atoms with Crippen LogP contribution in [0.4, 0.5) is 10.5 Å². The molecule has 2 aromatic rings. The van der Waals surface area contributed by atoms with E-state index in [0.29, 0.717) is 11.1 Å². The van der Waals surface area contributed by atoms with Gasteiger partial charge in [-0.15, -0.1) is 0 Å². The molecule has 1 aromatic heterocycles. The van der Waals surface area contributed by atoms with Crippen LogP contribution >= 0.6 is 0 Å². The molecule has 2 fully saturated rings. The first-order valence-electron chi connectivity index (χ1n) is 8.69. The Balaban J connectivity index is 1.54. The molecule has 2 unspecified atom stereocenters. The number of carbonyl (C=O) groups is 1. The topological polar surface area (TPSA) is 78.8 Å². The highest BCUT2D eigenvalue weighted by Crippen LogP contribution is 2.34. The molecule has 3 heterocycles. The van der Waals surface area contributed by atoms with Crippen LogP contribution in [0, 0.1) is 0 Å². The second kappa shape index (κ2) is 5.54. The molecule has 1 N–H and O–H groups in total. The summed E-state index contributed by atoms with van der Waals surface area (Å²) in [5, 5.41) is 0. The van der Waals surface area contributed by atoms with E-state index in [9.17, 15) is 9.59 Å². The van der Waals surface area contributed by atoms with Crippen LogP contribution in [-0.2, 0) is 4.74 Å². The first kappa shape index (κ1) is 16.1. The van der Waals surface area contributed by atoms with Gasteiger partial charge in [0, 0.05) is 24.8 Å². The average Bonchev–Trinajstić information content (AvgIpc) is 3.01. The van der Waals surface area contributed by atoms with Gasteiger partial charge in [0.15, 0.2) is 5.58 Å². The summed E-state index contributed by atoms with van der Waals surface area (Å²) in [5.41, 5.74) is 1.79. The van der Waals surface area contributed by atoms with E-state index in [1.54, 1.807) is 0 Å². The molecule has 4 rings (SSSR count). The van der Waals surface area contributed by atoms with E-state index in [-0.39, 0.29) is 18.2 Å². The molecule has 7 nitrogen and oxygen atoms in total. The number of amides is 1. The maximum atomic E-state index is 12.5. The minimum Gasteiger partial charge on any atom is -0.444 e. The maximum absolute atomic E-state index is 12.5. The molecule has 0 aliphatic carbocycles. The van der Waals surface area contributed by atoms with Gasteiger partial charge in [0.05, 0.1) is 17.6 Å². The fourth-order valence-corrected chi connectivity index (χ4v) is 3.86. The Labute approximate surface area is 145 Å². The van der Waals surface area contributed by atoms with Crippen molar-refractivity contribution in [3.63, 3.8) is 0 Å². The lowest BCUT2D eigenvalue weighted by molar-refractivity contribution is 0.0123. The van der Waals surface area contributed by atoms with Gasteiger partial charge < -0.3 is 14.1 Å². The van der Waals surface area contributed by atoms with E-state index >= 15 is 0 Å². The van der Waals surface area contributed by atoms with Crippen LogP contribution in [0.2, 0.25) is 0 Å². The fourth-order valence-electron chi connectivity index (χ4n) is 3.86. The number of rotatable bonds is 1. The molecule has 0 saturated carbocycles. The highest BCUT2D eigenvalue weighted by molar-refractivity contribution is 5.77. The second-order valence-electron chi connectivity index (χ2n) is 7.87. The Hall–Kier alpha value is -2.44. The largest absolute Gasteiger partial charge is 0.444 e. The molecule has 2 bridgehead atoms. The quantitative estimate of drug-likeness (QED) is 0.860. The number of ether oxygens (including phenoxy) is 1. The van der Waals surface area contributed by atoms with Crippen LogP contribution in [-0.4, -0.2) is 46.8 Å². The molecule has 0 spiro atoms. The van der Waals surface area contributed by atoms with Crippen molar-refractivity contribution in [1.29, 1.82) is 0 Å². The van der Waals surface area contributed by atoms with Gasteiger partial charge in [-0.2, -0.15) is 0 Å². The summed E-state index contributed by atoms with van der Waals surface area (Å²) in [7, 11) is 0. The summed E-state index contributed by atoms with van der Waals surface area (Å²) < 4.78 is 10.7. The minimum atomic E-state index is -0.482. The predicted octanol–water partition coefficient (Wildman–Crippen LogP) is 2.71. The molecule has 2 saturated heterocycles. The third-order valence-electron chi connectivity index (χ3n) is 4.86. The molecular weight excluding hydrogens is 322 g/mol. The normalized spacial score (nSPS) is 23.3. The molecule has 7 heteroatoms. The zero-order valence-electron chi connectivity index (χ0n) is 14.7. The van der Waals surface area contributed by atoms with Crippen LogP contribution in [0.1, 0.15) is 33.6 Å². The number of anilines is 1. The molecule has 2 aliphatic heterocycles. The van der Waals surface area contributed by atoms with Gasteiger partial charge in [-0.25, -0.2) is 9.59 Å². The summed E-state index contributed by atoms with van der Waals surface area (Å²) in [6, 6.07) is 6.04. The number of oxazole rings is 1. The first-order valence-corrected chi connectivity index (χ1v) is 8.69. The standard InChI is InChI=1S/C18H23N3O4/c1-18(2,3)25-17(23)21-12-4-5-13(21)10-20(9-12)11-6-7-14-15(8-11)24-16(22)19-14/h6-8,12-13H,4-5,9-10H2,1-3H3,(H,19,22). The predicted molar refractivity (Wildman–Crippen MR) is 93.9 cm³/mol. The Morgan fingerprint density at radius 2 is 1.92 bits per heavy atom. The summed E-state index contributed by atoms with van der Waals surface area (Å²) in [5.74, 6) is -0.443. The maximum Gasteiger partial charge on any atom is 0.417 e. The third kappa shape index (κ3) is 2.99. The third-order valence-corrected chi connectivity index (χ3v) is 4.86. The Bertz CT molecular complexity index is 849. The van der Waals surface area contributed by atoms with Crippen molar-refractivity contribution in [2.45, 2.75) is 51.3 Å². The molecule has 134 valence electrons. The number of carbonyl (C=O) groups excluding carboxylic acids is 1. The number of piperazine rings is 1.